The first kappa shape index (κ1) is 16.1. The molecule has 2 amide bonds. The summed E-state index contributed by atoms with van der Waals surface area (Å²) in [5.74, 6) is -0.354. The van der Waals surface area contributed by atoms with Crippen molar-refractivity contribution in [1.29, 1.82) is 0 Å². The number of nitrogens with two attached hydrogens (primary N) is 1. The molecule has 7 nitrogen and oxygen atoms in total. The van der Waals surface area contributed by atoms with Gasteiger partial charge >= 0.3 is 0 Å². The Balaban J connectivity index is 1.66. The maximum absolute atomic E-state index is 12.4. The number of rotatable bonds is 4. The standard InChI is InChI=1S/C14H16ClN5O2S/c15-8-5-9-13(17-6-8)19-14(18-9)23-7-11(21)20-4-2-1-3-10(20)12(16)22/h5-6,10H,1-4,7H2,(H2,16,22)(H,17,18,19). The lowest BCUT2D eigenvalue weighted by Gasteiger charge is -2.33. The van der Waals surface area contributed by atoms with Crippen LogP contribution in [0, 0.1) is 0 Å². The molecule has 1 atom stereocenters. The molecule has 0 bridgehead atoms. The van der Waals surface area contributed by atoms with E-state index in [2.05, 4.69) is 15.0 Å². The molecule has 3 N–H and O–H groups in total. The van der Waals surface area contributed by atoms with Crippen molar-refractivity contribution < 1.29 is 9.59 Å². The zero-order valence-electron chi connectivity index (χ0n) is 12.3. The normalized spacial score (nSPS) is 18.3. The van der Waals surface area contributed by atoms with Crippen LogP contribution in [0.4, 0.5) is 0 Å². The molecule has 9 heteroatoms. The first-order chi connectivity index (χ1) is 11.0. The molecule has 1 unspecified atom stereocenters. The SMILES string of the molecule is NC(=O)C1CCCCN1C(=O)CSc1nc2ncc(Cl)cc2[nH]1. The highest BCUT2D eigenvalue weighted by Gasteiger charge is 2.30. The van der Waals surface area contributed by atoms with Crippen LogP contribution in [0.2, 0.25) is 5.02 Å². The minimum absolute atomic E-state index is 0.107. The number of hydrogen-bond donors (Lipinski definition) is 2. The molecule has 23 heavy (non-hydrogen) atoms. The molecular formula is C14H16ClN5O2S. The van der Waals surface area contributed by atoms with E-state index in [0.29, 0.717) is 28.8 Å². The highest BCUT2D eigenvalue weighted by Crippen LogP contribution is 2.23. The maximum atomic E-state index is 12.4. The quantitative estimate of drug-likeness (QED) is 0.812. The third kappa shape index (κ3) is 3.59. The van der Waals surface area contributed by atoms with E-state index in [1.807, 2.05) is 0 Å². The zero-order chi connectivity index (χ0) is 16.4. The van der Waals surface area contributed by atoms with E-state index in [1.165, 1.54) is 18.0 Å². The van der Waals surface area contributed by atoms with Gasteiger partial charge in [-0.1, -0.05) is 23.4 Å². The molecule has 0 spiro atoms. The minimum Gasteiger partial charge on any atom is -0.368 e. The van der Waals surface area contributed by atoms with Crippen molar-refractivity contribution >= 4 is 46.3 Å². The van der Waals surface area contributed by atoms with Gasteiger partial charge in [0.15, 0.2) is 10.8 Å². The largest absolute Gasteiger partial charge is 0.368 e. The van der Waals surface area contributed by atoms with Gasteiger partial charge in [-0.15, -0.1) is 0 Å². The Kier molecular flexibility index (Phi) is 4.72. The number of carbonyl (C=O) groups is 2. The highest BCUT2D eigenvalue weighted by atomic mass is 35.5. The number of H-pyrrole nitrogens is 1. The van der Waals surface area contributed by atoms with Crippen molar-refractivity contribution in [2.24, 2.45) is 5.73 Å². The number of fused-ring (bicyclic) bond motifs is 1. The van der Waals surface area contributed by atoms with Gasteiger partial charge in [-0.25, -0.2) is 9.97 Å². The number of aromatic amines is 1. The Labute approximate surface area is 142 Å². The number of thioether (sulfide) groups is 1. The Bertz CT molecular complexity index is 750. The molecule has 1 saturated heterocycles. The summed E-state index contributed by atoms with van der Waals surface area (Å²) in [4.78, 5) is 36.9. The summed E-state index contributed by atoms with van der Waals surface area (Å²) in [6.45, 7) is 0.574. The average molecular weight is 354 g/mol. The summed E-state index contributed by atoms with van der Waals surface area (Å²) in [6, 6.07) is 1.24. The number of carbonyl (C=O) groups excluding carboxylic acids is 2. The van der Waals surface area contributed by atoms with Gasteiger partial charge in [0.25, 0.3) is 0 Å². The molecule has 122 valence electrons. The van der Waals surface area contributed by atoms with E-state index in [1.54, 1.807) is 11.0 Å². The van der Waals surface area contributed by atoms with Crippen molar-refractivity contribution in [3.63, 3.8) is 0 Å². The summed E-state index contributed by atoms with van der Waals surface area (Å²) in [7, 11) is 0. The smallest absolute Gasteiger partial charge is 0.240 e. The molecule has 2 aromatic heterocycles. The summed E-state index contributed by atoms with van der Waals surface area (Å²) in [6.07, 6.45) is 3.97. The van der Waals surface area contributed by atoms with Crippen LogP contribution in [0.15, 0.2) is 17.4 Å². The van der Waals surface area contributed by atoms with Crippen molar-refractivity contribution in [2.75, 3.05) is 12.3 Å². The molecule has 1 aliphatic rings. The molecule has 3 rings (SSSR count). The van der Waals surface area contributed by atoms with Crippen molar-refractivity contribution in [2.45, 2.75) is 30.5 Å². The predicted octanol–water partition coefficient (Wildman–Crippen LogP) is 1.57. The minimum atomic E-state index is -0.493. The number of likely N-dealkylation sites (tertiary alicyclic amines) is 1. The number of nitrogens with zero attached hydrogens (tertiary/aromatic N) is 3. The van der Waals surface area contributed by atoms with Gasteiger partial charge in [0, 0.05) is 12.7 Å². The van der Waals surface area contributed by atoms with Crippen LogP contribution in [0.3, 0.4) is 0 Å². The van der Waals surface area contributed by atoms with E-state index in [0.717, 1.165) is 18.4 Å². The van der Waals surface area contributed by atoms with Gasteiger partial charge < -0.3 is 15.6 Å². The van der Waals surface area contributed by atoms with Gasteiger partial charge in [-0.05, 0) is 25.3 Å². The van der Waals surface area contributed by atoms with Gasteiger partial charge in [-0.3, -0.25) is 9.59 Å². The number of hydrogen-bond acceptors (Lipinski definition) is 5. The summed E-state index contributed by atoms with van der Waals surface area (Å²) < 4.78 is 0. The molecule has 3 heterocycles. The second kappa shape index (κ2) is 6.76. The summed E-state index contributed by atoms with van der Waals surface area (Å²) in [5.41, 5.74) is 6.66. The monoisotopic (exact) mass is 353 g/mol. The number of nitrogens with one attached hydrogen (secondary N) is 1. The first-order valence-corrected chi connectivity index (χ1v) is 8.64. The lowest BCUT2D eigenvalue weighted by molar-refractivity contribution is -0.138. The van der Waals surface area contributed by atoms with Crippen LogP contribution in [0.5, 0.6) is 0 Å². The Morgan fingerprint density at radius 1 is 1.48 bits per heavy atom. The molecule has 0 aliphatic carbocycles. The Hall–Kier alpha value is -1.80. The fourth-order valence-corrected chi connectivity index (χ4v) is 3.58. The molecule has 0 radical (unpaired) electrons. The van der Waals surface area contributed by atoms with Gasteiger partial charge in [0.1, 0.15) is 6.04 Å². The Morgan fingerprint density at radius 3 is 3.09 bits per heavy atom. The molecule has 0 aromatic carbocycles. The summed E-state index contributed by atoms with van der Waals surface area (Å²) >= 11 is 7.16. The fourth-order valence-electron chi connectivity index (χ4n) is 2.66. The number of pyridine rings is 1. The second-order valence-electron chi connectivity index (χ2n) is 5.36. The first-order valence-electron chi connectivity index (χ1n) is 7.27. The van der Waals surface area contributed by atoms with Crippen LogP contribution in [0.25, 0.3) is 11.2 Å². The third-order valence-electron chi connectivity index (χ3n) is 3.77. The topological polar surface area (TPSA) is 105 Å². The highest BCUT2D eigenvalue weighted by molar-refractivity contribution is 7.99. The predicted molar refractivity (Wildman–Crippen MR) is 88.2 cm³/mol. The molecule has 1 aliphatic heterocycles. The summed E-state index contributed by atoms with van der Waals surface area (Å²) in [5, 5.41) is 1.11. The van der Waals surface area contributed by atoms with Crippen LogP contribution in [-0.4, -0.2) is 50.0 Å². The number of amides is 2. The second-order valence-corrected chi connectivity index (χ2v) is 6.76. The number of piperidine rings is 1. The average Bonchev–Trinajstić information content (AvgIpc) is 2.94. The number of primary amides is 1. The van der Waals surface area contributed by atoms with Gasteiger partial charge in [0.2, 0.25) is 11.8 Å². The fraction of sp³-hybridized carbons (Fsp3) is 0.429. The molecule has 2 aromatic rings. The third-order valence-corrected chi connectivity index (χ3v) is 4.83. The number of aromatic nitrogens is 3. The van der Waals surface area contributed by atoms with E-state index in [4.69, 9.17) is 17.3 Å². The lowest BCUT2D eigenvalue weighted by atomic mass is 10.0. The van der Waals surface area contributed by atoms with E-state index < -0.39 is 11.9 Å². The number of imidazole rings is 1. The van der Waals surface area contributed by atoms with E-state index in [-0.39, 0.29) is 11.7 Å². The molecule has 0 saturated carbocycles. The van der Waals surface area contributed by atoms with Crippen LogP contribution in [0.1, 0.15) is 19.3 Å². The zero-order valence-corrected chi connectivity index (χ0v) is 13.9. The van der Waals surface area contributed by atoms with Crippen molar-refractivity contribution in [3.8, 4) is 0 Å². The maximum Gasteiger partial charge on any atom is 0.240 e. The van der Waals surface area contributed by atoms with Crippen molar-refractivity contribution in [1.82, 2.24) is 19.9 Å². The lowest BCUT2D eigenvalue weighted by Crippen LogP contribution is -2.51. The van der Waals surface area contributed by atoms with Gasteiger partial charge in [0.05, 0.1) is 16.3 Å². The van der Waals surface area contributed by atoms with E-state index >= 15 is 0 Å². The van der Waals surface area contributed by atoms with Crippen LogP contribution < -0.4 is 5.73 Å². The number of halogens is 1. The molecular weight excluding hydrogens is 338 g/mol. The van der Waals surface area contributed by atoms with E-state index in [9.17, 15) is 9.59 Å². The van der Waals surface area contributed by atoms with Crippen LogP contribution in [-0.2, 0) is 9.59 Å². The van der Waals surface area contributed by atoms with Gasteiger partial charge in [-0.2, -0.15) is 0 Å². The molecule has 1 fully saturated rings. The van der Waals surface area contributed by atoms with Crippen molar-refractivity contribution in [3.05, 3.63) is 17.3 Å². The van der Waals surface area contributed by atoms with Crippen LogP contribution >= 0.6 is 23.4 Å². The Morgan fingerprint density at radius 2 is 2.30 bits per heavy atom.